The number of carbonyl (C=O) groups excluding carboxylic acids is 2. The molecule has 1 aromatic carbocycles. The summed E-state index contributed by atoms with van der Waals surface area (Å²) in [5.41, 5.74) is 1.20. The van der Waals surface area contributed by atoms with E-state index in [4.69, 9.17) is 4.74 Å². The Hall–Kier alpha value is -1.53. The minimum Gasteiger partial charge on any atom is -0.467 e. The number of esters is 1. The van der Waals surface area contributed by atoms with Crippen molar-refractivity contribution in [3.8, 4) is 0 Å². The van der Waals surface area contributed by atoms with Gasteiger partial charge in [0.1, 0.15) is 0 Å². The zero-order valence-corrected chi connectivity index (χ0v) is 12.8. The molecule has 1 saturated heterocycles. The van der Waals surface area contributed by atoms with Gasteiger partial charge < -0.3 is 14.4 Å². The van der Waals surface area contributed by atoms with Crippen molar-refractivity contribution >= 4 is 23.6 Å². The minimum absolute atomic E-state index is 0.0353. The van der Waals surface area contributed by atoms with Gasteiger partial charge in [0.25, 0.3) is 0 Å². The number of hydrogen-bond donors (Lipinski definition) is 0. The summed E-state index contributed by atoms with van der Waals surface area (Å²) in [7, 11) is 1.32. The van der Waals surface area contributed by atoms with Gasteiger partial charge in [0.05, 0.1) is 26.0 Å². The molecule has 1 amide bonds. The van der Waals surface area contributed by atoms with Gasteiger partial charge in [-0.1, -0.05) is 30.3 Å². The molecule has 1 aliphatic rings. The molecule has 0 bridgehead atoms. The lowest BCUT2D eigenvalue weighted by atomic mass is 10.2. The molecule has 1 fully saturated rings. The molecule has 0 aromatic heterocycles. The maximum absolute atomic E-state index is 12.1. The summed E-state index contributed by atoms with van der Waals surface area (Å²) in [6, 6.07) is 10.0. The van der Waals surface area contributed by atoms with Crippen LogP contribution in [0.15, 0.2) is 30.3 Å². The molecule has 0 spiro atoms. The van der Waals surface area contributed by atoms with E-state index in [1.807, 2.05) is 30.3 Å². The lowest BCUT2D eigenvalue weighted by Crippen LogP contribution is -2.49. The number of methoxy groups -OCH3 is 1. The van der Waals surface area contributed by atoms with E-state index in [-0.39, 0.29) is 12.5 Å². The van der Waals surface area contributed by atoms with Gasteiger partial charge in [-0.2, -0.15) is 0 Å². The molecule has 0 saturated carbocycles. The number of thioether (sulfide) groups is 1. The largest absolute Gasteiger partial charge is 0.467 e. The number of amides is 1. The van der Waals surface area contributed by atoms with Crippen LogP contribution in [0, 0.1) is 0 Å². The summed E-state index contributed by atoms with van der Waals surface area (Å²) in [6.07, 6.45) is -0.660. The van der Waals surface area contributed by atoms with E-state index in [1.54, 1.807) is 16.7 Å². The average molecular weight is 309 g/mol. The number of ether oxygens (including phenoxy) is 2. The summed E-state index contributed by atoms with van der Waals surface area (Å²) in [4.78, 5) is 25.3. The van der Waals surface area contributed by atoms with Crippen LogP contribution in [0.1, 0.15) is 5.56 Å². The van der Waals surface area contributed by atoms with E-state index >= 15 is 0 Å². The van der Waals surface area contributed by atoms with Gasteiger partial charge >= 0.3 is 5.97 Å². The molecular weight excluding hydrogens is 290 g/mol. The summed E-state index contributed by atoms with van der Waals surface area (Å²) in [6.45, 7) is 1.17. The second kappa shape index (κ2) is 8.05. The zero-order chi connectivity index (χ0) is 15.1. The number of benzene rings is 1. The quantitative estimate of drug-likeness (QED) is 0.768. The standard InChI is InChI=1S/C15H19NO4S/c1-19-15(18)13-9-16(7-8-20-13)14(17)11-21-10-12-5-3-2-4-6-12/h2-6,13H,7-11H2,1H3. The number of rotatable bonds is 5. The van der Waals surface area contributed by atoms with Crippen molar-refractivity contribution in [1.29, 1.82) is 0 Å². The third-order valence-corrected chi connectivity index (χ3v) is 4.21. The molecule has 1 atom stereocenters. The number of morpholine rings is 1. The number of nitrogens with zero attached hydrogens (tertiary/aromatic N) is 1. The topological polar surface area (TPSA) is 55.8 Å². The maximum atomic E-state index is 12.1. The van der Waals surface area contributed by atoms with E-state index < -0.39 is 12.1 Å². The van der Waals surface area contributed by atoms with Crippen LogP contribution < -0.4 is 0 Å². The highest BCUT2D eigenvalue weighted by Crippen LogP contribution is 2.14. The Morgan fingerprint density at radius 3 is 2.86 bits per heavy atom. The fraction of sp³-hybridized carbons (Fsp3) is 0.467. The molecule has 1 unspecified atom stereocenters. The molecule has 114 valence electrons. The Morgan fingerprint density at radius 1 is 1.38 bits per heavy atom. The van der Waals surface area contributed by atoms with Crippen LogP contribution >= 0.6 is 11.8 Å². The summed E-state index contributed by atoms with van der Waals surface area (Å²) < 4.78 is 9.96. The van der Waals surface area contributed by atoms with Crippen molar-refractivity contribution in [2.24, 2.45) is 0 Å². The third kappa shape index (κ3) is 4.75. The lowest BCUT2D eigenvalue weighted by molar-refractivity contribution is -0.161. The van der Waals surface area contributed by atoms with Crippen molar-refractivity contribution < 1.29 is 19.1 Å². The van der Waals surface area contributed by atoms with E-state index in [0.717, 1.165) is 5.75 Å². The first-order valence-electron chi connectivity index (χ1n) is 6.79. The van der Waals surface area contributed by atoms with Crippen LogP contribution in [0.3, 0.4) is 0 Å². The van der Waals surface area contributed by atoms with Crippen LogP contribution in [-0.4, -0.2) is 55.4 Å². The first kappa shape index (κ1) is 15.9. The van der Waals surface area contributed by atoms with Crippen molar-refractivity contribution in [2.45, 2.75) is 11.9 Å². The maximum Gasteiger partial charge on any atom is 0.336 e. The van der Waals surface area contributed by atoms with Crippen LogP contribution in [0.4, 0.5) is 0 Å². The van der Waals surface area contributed by atoms with Crippen molar-refractivity contribution in [3.05, 3.63) is 35.9 Å². The molecule has 1 aromatic rings. The van der Waals surface area contributed by atoms with Gasteiger partial charge in [0.15, 0.2) is 6.10 Å². The zero-order valence-electron chi connectivity index (χ0n) is 12.0. The highest BCUT2D eigenvalue weighted by molar-refractivity contribution is 7.99. The molecule has 0 aliphatic carbocycles. The SMILES string of the molecule is COC(=O)C1CN(C(=O)CSCc2ccccc2)CCO1. The predicted molar refractivity (Wildman–Crippen MR) is 80.9 cm³/mol. The number of hydrogen-bond acceptors (Lipinski definition) is 5. The third-order valence-electron chi connectivity index (χ3n) is 3.22. The van der Waals surface area contributed by atoms with Crippen molar-refractivity contribution in [3.63, 3.8) is 0 Å². The molecule has 5 nitrogen and oxygen atoms in total. The Bertz CT molecular complexity index is 480. The van der Waals surface area contributed by atoms with Gasteiger partial charge in [-0.3, -0.25) is 4.79 Å². The molecule has 1 aliphatic heterocycles. The Balaban J connectivity index is 1.76. The fourth-order valence-electron chi connectivity index (χ4n) is 2.07. The number of carbonyl (C=O) groups is 2. The van der Waals surface area contributed by atoms with Gasteiger partial charge in [0.2, 0.25) is 5.91 Å². The van der Waals surface area contributed by atoms with Gasteiger partial charge in [-0.15, -0.1) is 11.8 Å². The summed E-state index contributed by atoms with van der Waals surface area (Å²) in [5, 5.41) is 0. The summed E-state index contributed by atoms with van der Waals surface area (Å²) >= 11 is 1.58. The fourth-order valence-corrected chi connectivity index (χ4v) is 2.96. The average Bonchev–Trinajstić information content (AvgIpc) is 2.55. The van der Waals surface area contributed by atoms with Crippen LogP contribution in [0.25, 0.3) is 0 Å². The first-order chi connectivity index (χ1) is 10.2. The summed E-state index contributed by atoms with van der Waals surface area (Å²) in [5.74, 6) is 0.817. The van der Waals surface area contributed by atoms with Crippen LogP contribution in [0.2, 0.25) is 0 Å². The van der Waals surface area contributed by atoms with E-state index in [0.29, 0.717) is 18.9 Å². The molecule has 1 heterocycles. The second-order valence-electron chi connectivity index (χ2n) is 4.70. The second-order valence-corrected chi connectivity index (χ2v) is 5.69. The molecule has 0 radical (unpaired) electrons. The molecular formula is C15H19NO4S. The minimum atomic E-state index is -0.660. The highest BCUT2D eigenvalue weighted by atomic mass is 32.2. The molecule has 2 rings (SSSR count). The van der Waals surface area contributed by atoms with Gasteiger partial charge in [-0.05, 0) is 5.56 Å². The Kier molecular flexibility index (Phi) is 6.07. The van der Waals surface area contributed by atoms with Gasteiger partial charge in [-0.25, -0.2) is 4.79 Å². The first-order valence-corrected chi connectivity index (χ1v) is 7.95. The van der Waals surface area contributed by atoms with Crippen LogP contribution in [0.5, 0.6) is 0 Å². The normalized spacial score (nSPS) is 18.3. The molecule has 6 heteroatoms. The monoisotopic (exact) mass is 309 g/mol. The van der Waals surface area contributed by atoms with Crippen molar-refractivity contribution in [1.82, 2.24) is 4.90 Å². The predicted octanol–water partition coefficient (Wildman–Crippen LogP) is 1.32. The molecule has 21 heavy (non-hydrogen) atoms. The van der Waals surface area contributed by atoms with E-state index in [2.05, 4.69) is 4.74 Å². The molecule has 0 N–H and O–H groups in total. The Morgan fingerprint density at radius 2 is 2.14 bits per heavy atom. The van der Waals surface area contributed by atoms with Crippen LogP contribution in [-0.2, 0) is 24.8 Å². The van der Waals surface area contributed by atoms with E-state index in [1.165, 1.54) is 12.7 Å². The van der Waals surface area contributed by atoms with Crippen molar-refractivity contribution in [2.75, 3.05) is 32.6 Å². The van der Waals surface area contributed by atoms with Gasteiger partial charge in [0, 0.05) is 12.3 Å². The Labute approximate surface area is 128 Å². The van der Waals surface area contributed by atoms with E-state index in [9.17, 15) is 9.59 Å². The smallest absolute Gasteiger partial charge is 0.336 e. The lowest BCUT2D eigenvalue weighted by Gasteiger charge is -2.31. The highest BCUT2D eigenvalue weighted by Gasteiger charge is 2.29.